The van der Waals surface area contributed by atoms with Crippen molar-refractivity contribution >= 4 is 0 Å². The Bertz CT molecular complexity index is 140. The summed E-state index contributed by atoms with van der Waals surface area (Å²) in [7, 11) is 0. The summed E-state index contributed by atoms with van der Waals surface area (Å²) in [6.45, 7) is -1.44. The first kappa shape index (κ1) is 14.6. The van der Waals surface area contributed by atoms with E-state index in [2.05, 4.69) is 4.74 Å². The maximum Gasteiger partial charge on any atom is 0.411 e. The molecule has 0 rings (SSSR count). The van der Waals surface area contributed by atoms with Gasteiger partial charge < -0.3 is 14.2 Å². The zero-order chi connectivity index (χ0) is 11.6. The molecule has 0 aromatic carbocycles. The number of hydrogen-bond donors (Lipinski definition) is 0. The van der Waals surface area contributed by atoms with E-state index in [0.717, 1.165) is 0 Å². The highest BCUT2D eigenvalue weighted by molar-refractivity contribution is 4.45. The van der Waals surface area contributed by atoms with Gasteiger partial charge in [0.2, 0.25) is 0 Å². The average molecular weight is 234 g/mol. The van der Waals surface area contributed by atoms with Crippen LogP contribution < -0.4 is 0 Å². The van der Waals surface area contributed by atoms with Crippen LogP contribution in [0.25, 0.3) is 0 Å². The van der Waals surface area contributed by atoms with Crippen LogP contribution in [0.4, 0.5) is 17.6 Å². The van der Waals surface area contributed by atoms with Gasteiger partial charge in [-0.05, 0) is 0 Å². The fourth-order valence-electron chi connectivity index (χ4n) is 0.682. The van der Waals surface area contributed by atoms with Crippen molar-refractivity contribution < 1.29 is 31.8 Å². The molecule has 0 unspecified atom stereocenters. The van der Waals surface area contributed by atoms with Crippen LogP contribution in [0.5, 0.6) is 0 Å². The molecule has 92 valence electrons. The quantitative estimate of drug-likeness (QED) is 0.447. The highest BCUT2D eigenvalue weighted by Crippen LogP contribution is 2.13. The summed E-state index contributed by atoms with van der Waals surface area (Å²) in [6.07, 6.45) is -4.30. The third-order valence-corrected chi connectivity index (χ3v) is 1.23. The number of ether oxygens (including phenoxy) is 3. The second-order valence-corrected chi connectivity index (χ2v) is 2.58. The van der Waals surface area contributed by atoms with Crippen LogP contribution in [-0.2, 0) is 14.2 Å². The normalized spacial score (nSPS) is 12.0. The molecule has 0 aromatic rings. The van der Waals surface area contributed by atoms with Gasteiger partial charge in [-0.25, -0.2) is 4.39 Å². The molecule has 0 amide bonds. The lowest BCUT2D eigenvalue weighted by molar-refractivity contribution is -0.176. The molecule has 0 radical (unpaired) electrons. The summed E-state index contributed by atoms with van der Waals surface area (Å²) in [5, 5.41) is 0. The van der Waals surface area contributed by atoms with E-state index in [9.17, 15) is 17.6 Å². The molecule has 7 heteroatoms. The molecule has 0 atom stereocenters. The molecule has 0 fully saturated rings. The molecule has 0 spiro atoms. The summed E-state index contributed by atoms with van der Waals surface area (Å²) in [6, 6.07) is 0. The fraction of sp³-hybridized carbons (Fsp3) is 1.00. The van der Waals surface area contributed by atoms with Crippen LogP contribution in [0, 0.1) is 0 Å². The van der Waals surface area contributed by atoms with Gasteiger partial charge in [0.1, 0.15) is 13.3 Å². The van der Waals surface area contributed by atoms with Crippen LogP contribution in [0.3, 0.4) is 0 Å². The third kappa shape index (κ3) is 13.6. The molecule has 0 saturated heterocycles. The Morgan fingerprint density at radius 3 is 1.67 bits per heavy atom. The SMILES string of the molecule is FCCOCCOCCOCC(F)(F)F. The van der Waals surface area contributed by atoms with Crippen molar-refractivity contribution in [2.24, 2.45) is 0 Å². The van der Waals surface area contributed by atoms with Crippen molar-refractivity contribution in [3.8, 4) is 0 Å². The lowest BCUT2D eigenvalue weighted by Gasteiger charge is -2.08. The van der Waals surface area contributed by atoms with E-state index in [1.807, 2.05) is 0 Å². The van der Waals surface area contributed by atoms with E-state index in [-0.39, 0.29) is 33.0 Å². The Morgan fingerprint density at radius 1 is 0.733 bits per heavy atom. The second-order valence-electron chi connectivity index (χ2n) is 2.58. The van der Waals surface area contributed by atoms with Crippen molar-refractivity contribution in [3.05, 3.63) is 0 Å². The minimum atomic E-state index is -4.30. The van der Waals surface area contributed by atoms with Crippen LogP contribution >= 0.6 is 0 Å². The summed E-state index contributed by atoms with van der Waals surface area (Å²) in [5.74, 6) is 0. The molecule has 0 N–H and O–H groups in total. The van der Waals surface area contributed by atoms with Gasteiger partial charge in [-0.15, -0.1) is 0 Å². The zero-order valence-corrected chi connectivity index (χ0v) is 8.19. The zero-order valence-electron chi connectivity index (χ0n) is 8.19. The predicted molar refractivity (Wildman–Crippen MR) is 44.5 cm³/mol. The highest BCUT2D eigenvalue weighted by atomic mass is 19.4. The van der Waals surface area contributed by atoms with E-state index in [0.29, 0.717) is 0 Å². The first-order valence-electron chi connectivity index (χ1n) is 4.42. The molecule has 0 aliphatic heterocycles. The summed E-state index contributed by atoms with van der Waals surface area (Å²) >= 11 is 0. The topological polar surface area (TPSA) is 27.7 Å². The van der Waals surface area contributed by atoms with Gasteiger partial charge in [0.25, 0.3) is 0 Å². The van der Waals surface area contributed by atoms with Crippen LogP contribution in [0.1, 0.15) is 0 Å². The molecule has 15 heavy (non-hydrogen) atoms. The minimum Gasteiger partial charge on any atom is -0.377 e. The van der Waals surface area contributed by atoms with Gasteiger partial charge in [0.15, 0.2) is 0 Å². The van der Waals surface area contributed by atoms with E-state index in [1.165, 1.54) is 0 Å². The van der Waals surface area contributed by atoms with Crippen molar-refractivity contribution in [2.45, 2.75) is 6.18 Å². The third-order valence-electron chi connectivity index (χ3n) is 1.23. The van der Waals surface area contributed by atoms with Crippen LogP contribution in [0.2, 0.25) is 0 Å². The van der Waals surface area contributed by atoms with Crippen molar-refractivity contribution in [3.63, 3.8) is 0 Å². The van der Waals surface area contributed by atoms with Gasteiger partial charge in [-0.3, -0.25) is 0 Å². The van der Waals surface area contributed by atoms with E-state index < -0.39 is 19.5 Å². The Hall–Kier alpha value is -0.400. The van der Waals surface area contributed by atoms with E-state index in [1.54, 1.807) is 0 Å². The Labute approximate surface area is 85.3 Å². The predicted octanol–water partition coefficient (Wildman–Crippen LogP) is 1.57. The van der Waals surface area contributed by atoms with Crippen molar-refractivity contribution in [2.75, 3.05) is 46.3 Å². The lowest BCUT2D eigenvalue weighted by atomic mass is 10.7. The molecule has 3 nitrogen and oxygen atoms in total. The molecule has 0 heterocycles. The summed E-state index contributed by atoms with van der Waals surface area (Å²) in [4.78, 5) is 0. The largest absolute Gasteiger partial charge is 0.411 e. The minimum absolute atomic E-state index is 0.00787. The second kappa shape index (κ2) is 8.87. The van der Waals surface area contributed by atoms with E-state index >= 15 is 0 Å². The maximum absolute atomic E-state index is 11.5. The number of hydrogen-bond acceptors (Lipinski definition) is 3. The van der Waals surface area contributed by atoms with Crippen LogP contribution in [-0.4, -0.2) is 52.5 Å². The molecular formula is C8H14F4O3. The molecule has 0 bridgehead atoms. The van der Waals surface area contributed by atoms with Gasteiger partial charge in [-0.1, -0.05) is 0 Å². The Kier molecular flexibility index (Phi) is 8.64. The number of rotatable bonds is 9. The van der Waals surface area contributed by atoms with Gasteiger partial charge in [0, 0.05) is 0 Å². The molecule has 0 aliphatic carbocycles. The number of halogens is 4. The average Bonchev–Trinajstić information content (AvgIpc) is 2.14. The summed E-state index contributed by atoms with van der Waals surface area (Å²) in [5.41, 5.74) is 0. The van der Waals surface area contributed by atoms with Crippen LogP contribution in [0.15, 0.2) is 0 Å². The van der Waals surface area contributed by atoms with Crippen molar-refractivity contribution in [1.82, 2.24) is 0 Å². The smallest absolute Gasteiger partial charge is 0.377 e. The lowest BCUT2D eigenvalue weighted by Crippen LogP contribution is -2.19. The Morgan fingerprint density at radius 2 is 1.20 bits per heavy atom. The molecule has 0 saturated carbocycles. The van der Waals surface area contributed by atoms with Crippen molar-refractivity contribution in [1.29, 1.82) is 0 Å². The summed E-state index contributed by atoms with van der Waals surface area (Å²) < 4.78 is 60.0. The van der Waals surface area contributed by atoms with Gasteiger partial charge in [0.05, 0.1) is 33.0 Å². The first-order chi connectivity index (χ1) is 7.06. The van der Waals surface area contributed by atoms with E-state index in [4.69, 9.17) is 9.47 Å². The molecular weight excluding hydrogens is 220 g/mol. The monoisotopic (exact) mass is 234 g/mol. The first-order valence-corrected chi connectivity index (χ1v) is 4.42. The molecule has 0 aliphatic rings. The Balaban J connectivity index is 2.99. The standard InChI is InChI=1S/C8H14F4O3/c9-1-2-13-3-4-14-5-6-15-7-8(10,11)12/h1-7H2. The molecule has 0 aromatic heterocycles. The maximum atomic E-state index is 11.5. The highest BCUT2D eigenvalue weighted by Gasteiger charge is 2.27. The number of alkyl halides is 4. The van der Waals surface area contributed by atoms with Gasteiger partial charge >= 0.3 is 6.18 Å². The van der Waals surface area contributed by atoms with Gasteiger partial charge in [-0.2, -0.15) is 13.2 Å². The fourth-order valence-corrected chi connectivity index (χ4v) is 0.682.